The summed E-state index contributed by atoms with van der Waals surface area (Å²) in [6, 6.07) is 3.62. The summed E-state index contributed by atoms with van der Waals surface area (Å²) in [7, 11) is 0. The van der Waals surface area contributed by atoms with Gasteiger partial charge >= 0.3 is 5.97 Å². The van der Waals surface area contributed by atoms with Gasteiger partial charge in [-0.15, -0.1) is 0 Å². The average Bonchev–Trinajstić information content (AvgIpc) is 2.21. The van der Waals surface area contributed by atoms with Gasteiger partial charge in [-0.3, -0.25) is 4.79 Å². The van der Waals surface area contributed by atoms with Crippen LogP contribution in [0.1, 0.15) is 18.9 Å². The van der Waals surface area contributed by atoms with Crippen molar-refractivity contribution in [1.29, 1.82) is 0 Å². The first kappa shape index (κ1) is 11.7. The molecule has 0 atom stereocenters. The molecule has 1 aromatic rings. The fourth-order valence-electron chi connectivity index (χ4n) is 0.903. The number of ether oxygens (including phenoxy) is 1. The van der Waals surface area contributed by atoms with Crippen LogP contribution in [0.3, 0.4) is 0 Å². The van der Waals surface area contributed by atoms with Gasteiger partial charge in [-0.2, -0.15) is 0 Å². The van der Waals surface area contributed by atoms with Crippen molar-refractivity contribution in [2.75, 3.05) is 6.61 Å². The Labute approximate surface area is 97.0 Å². The van der Waals surface area contributed by atoms with E-state index in [9.17, 15) is 4.79 Å². The summed E-state index contributed by atoms with van der Waals surface area (Å²) >= 11 is 3.26. The van der Waals surface area contributed by atoms with E-state index in [0.717, 1.165) is 5.56 Å². The molecule has 0 radical (unpaired) electrons. The molecule has 78 valence electrons. The topological polar surface area (TPSA) is 39.2 Å². The molecule has 0 saturated carbocycles. The zero-order valence-corrected chi connectivity index (χ0v) is 9.87. The van der Waals surface area contributed by atoms with Gasteiger partial charge in [0, 0.05) is 6.20 Å². The van der Waals surface area contributed by atoms with Gasteiger partial charge < -0.3 is 4.74 Å². The molecule has 1 aromatic heterocycles. The van der Waals surface area contributed by atoms with E-state index in [-0.39, 0.29) is 12.4 Å². The van der Waals surface area contributed by atoms with Gasteiger partial charge in [0.1, 0.15) is 11.0 Å². The Hall–Kier alpha value is -1.34. The van der Waals surface area contributed by atoms with Gasteiger partial charge in [0.05, 0.1) is 12.2 Å². The van der Waals surface area contributed by atoms with Crippen LogP contribution in [0.25, 0.3) is 0 Å². The highest BCUT2D eigenvalue weighted by Crippen LogP contribution is 2.10. The molecular weight excluding hydrogens is 258 g/mol. The summed E-state index contributed by atoms with van der Waals surface area (Å²) in [5.41, 5.74) is 0.766. The van der Waals surface area contributed by atoms with Gasteiger partial charge in [0.15, 0.2) is 0 Å². The molecule has 0 unspecified atom stereocenters. The van der Waals surface area contributed by atoms with E-state index in [1.165, 1.54) is 0 Å². The molecule has 0 spiro atoms. The van der Waals surface area contributed by atoms with Crippen LogP contribution >= 0.6 is 15.9 Å². The summed E-state index contributed by atoms with van der Waals surface area (Å²) in [5.74, 6) is 5.27. The van der Waals surface area contributed by atoms with Crippen molar-refractivity contribution >= 4 is 21.9 Å². The quantitative estimate of drug-likeness (QED) is 0.468. The van der Waals surface area contributed by atoms with Gasteiger partial charge in [-0.25, -0.2) is 4.98 Å². The van der Waals surface area contributed by atoms with Crippen molar-refractivity contribution in [3.63, 3.8) is 0 Å². The molecule has 0 aliphatic heterocycles. The SMILES string of the molecule is CCOC(=O)CC#Cc1cccnc1Br. The lowest BCUT2D eigenvalue weighted by Crippen LogP contribution is -2.01. The van der Waals surface area contributed by atoms with Crippen LogP contribution in [-0.2, 0) is 9.53 Å². The Morgan fingerprint density at radius 1 is 1.67 bits per heavy atom. The molecule has 0 aromatic carbocycles. The second-order valence-electron chi connectivity index (χ2n) is 2.63. The molecule has 0 fully saturated rings. The summed E-state index contributed by atoms with van der Waals surface area (Å²) in [6.45, 7) is 2.15. The third kappa shape index (κ3) is 4.13. The van der Waals surface area contributed by atoms with E-state index in [1.807, 2.05) is 6.07 Å². The number of nitrogens with zero attached hydrogens (tertiary/aromatic N) is 1. The first-order chi connectivity index (χ1) is 7.24. The number of hydrogen-bond acceptors (Lipinski definition) is 3. The Morgan fingerprint density at radius 2 is 2.47 bits per heavy atom. The lowest BCUT2D eigenvalue weighted by Gasteiger charge is -1.95. The Balaban J connectivity index is 2.59. The highest BCUT2D eigenvalue weighted by atomic mass is 79.9. The zero-order valence-electron chi connectivity index (χ0n) is 8.29. The van der Waals surface area contributed by atoms with Crippen molar-refractivity contribution in [2.45, 2.75) is 13.3 Å². The molecule has 4 heteroatoms. The van der Waals surface area contributed by atoms with Crippen LogP contribution in [0.2, 0.25) is 0 Å². The highest BCUT2D eigenvalue weighted by molar-refractivity contribution is 9.10. The van der Waals surface area contributed by atoms with Crippen molar-refractivity contribution < 1.29 is 9.53 Å². The summed E-state index contributed by atoms with van der Waals surface area (Å²) < 4.78 is 5.42. The van der Waals surface area contributed by atoms with Gasteiger partial charge in [0.25, 0.3) is 0 Å². The fourth-order valence-corrected chi connectivity index (χ4v) is 1.25. The number of carbonyl (C=O) groups excluding carboxylic acids is 1. The highest BCUT2D eigenvalue weighted by Gasteiger charge is 1.97. The third-order valence-corrected chi connectivity index (χ3v) is 2.15. The third-order valence-electron chi connectivity index (χ3n) is 1.52. The standard InChI is InChI=1S/C11H10BrNO2/c1-2-15-10(14)7-3-5-9-6-4-8-13-11(9)12/h4,6,8H,2,7H2,1H3. The first-order valence-corrected chi connectivity index (χ1v) is 5.28. The smallest absolute Gasteiger partial charge is 0.317 e. The maximum absolute atomic E-state index is 11.0. The van der Waals surface area contributed by atoms with Crippen molar-refractivity contribution in [3.05, 3.63) is 28.5 Å². The molecule has 1 rings (SSSR count). The normalized spacial score (nSPS) is 8.93. The molecule has 1 heterocycles. The van der Waals surface area contributed by atoms with Crippen LogP contribution in [0.15, 0.2) is 22.9 Å². The van der Waals surface area contributed by atoms with Crippen LogP contribution < -0.4 is 0 Å². The molecule has 0 aliphatic carbocycles. The van der Waals surface area contributed by atoms with Crippen LogP contribution in [-0.4, -0.2) is 17.6 Å². The van der Waals surface area contributed by atoms with Crippen molar-refractivity contribution in [1.82, 2.24) is 4.98 Å². The number of rotatable bonds is 2. The Morgan fingerprint density at radius 3 is 3.13 bits per heavy atom. The summed E-state index contributed by atoms with van der Waals surface area (Å²) in [4.78, 5) is 15.0. The number of carbonyl (C=O) groups is 1. The lowest BCUT2D eigenvalue weighted by atomic mass is 10.3. The molecule has 0 aliphatic rings. The minimum atomic E-state index is -0.301. The Kier molecular flexibility index (Phi) is 4.85. The van der Waals surface area contributed by atoms with E-state index in [4.69, 9.17) is 4.74 Å². The number of esters is 1. The molecule has 3 nitrogen and oxygen atoms in total. The second kappa shape index (κ2) is 6.20. The summed E-state index contributed by atoms with van der Waals surface area (Å²) in [5, 5.41) is 0. The monoisotopic (exact) mass is 267 g/mol. The van der Waals surface area contributed by atoms with Crippen LogP contribution in [0.5, 0.6) is 0 Å². The number of halogens is 1. The molecule has 0 amide bonds. The van der Waals surface area contributed by atoms with Crippen molar-refractivity contribution in [2.24, 2.45) is 0 Å². The maximum atomic E-state index is 11.0. The zero-order chi connectivity index (χ0) is 11.1. The van der Waals surface area contributed by atoms with E-state index in [1.54, 1.807) is 19.2 Å². The average molecular weight is 268 g/mol. The number of hydrogen-bond donors (Lipinski definition) is 0. The van der Waals surface area contributed by atoms with E-state index in [0.29, 0.717) is 11.2 Å². The van der Waals surface area contributed by atoms with Gasteiger partial charge in [-0.1, -0.05) is 11.8 Å². The predicted molar refractivity (Wildman–Crippen MR) is 60.1 cm³/mol. The van der Waals surface area contributed by atoms with Crippen molar-refractivity contribution in [3.8, 4) is 11.8 Å². The van der Waals surface area contributed by atoms with Crippen LogP contribution in [0, 0.1) is 11.8 Å². The summed E-state index contributed by atoms with van der Waals surface area (Å²) in [6.07, 6.45) is 1.77. The van der Waals surface area contributed by atoms with Gasteiger partial charge in [0.2, 0.25) is 0 Å². The van der Waals surface area contributed by atoms with E-state index >= 15 is 0 Å². The molecule has 15 heavy (non-hydrogen) atoms. The first-order valence-electron chi connectivity index (χ1n) is 4.49. The molecule has 0 bridgehead atoms. The molecule has 0 N–H and O–H groups in total. The lowest BCUT2D eigenvalue weighted by molar-refractivity contribution is -0.141. The fraction of sp³-hybridized carbons (Fsp3) is 0.273. The number of pyridine rings is 1. The minimum absolute atomic E-state index is 0.106. The second-order valence-corrected chi connectivity index (χ2v) is 3.38. The Bertz CT molecular complexity index is 407. The van der Waals surface area contributed by atoms with E-state index in [2.05, 4.69) is 32.8 Å². The predicted octanol–water partition coefficient (Wildman–Crippen LogP) is 2.15. The van der Waals surface area contributed by atoms with Crippen LogP contribution in [0.4, 0.5) is 0 Å². The van der Waals surface area contributed by atoms with Gasteiger partial charge in [-0.05, 0) is 35.0 Å². The minimum Gasteiger partial charge on any atom is -0.465 e. The molecule has 0 saturated heterocycles. The number of aromatic nitrogens is 1. The van der Waals surface area contributed by atoms with E-state index < -0.39 is 0 Å². The maximum Gasteiger partial charge on any atom is 0.317 e. The largest absolute Gasteiger partial charge is 0.465 e. The molecular formula is C11H10BrNO2.